The highest BCUT2D eigenvalue weighted by Gasteiger charge is 2.16. The van der Waals surface area contributed by atoms with Gasteiger partial charge in [0.2, 0.25) is 0 Å². The molecule has 0 amide bonds. The Morgan fingerprint density at radius 3 is 2.74 bits per heavy atom. The number of aromatic nitrogens is 1. The molecule has 3 nitrogen and oxygen atoms in total. The Morgan fingerprint density at radius 1 is 1.42 bits per heavy atom. The van der Waals surface area contributed by atoms with E-state index in [0.29, 0.717) is 12.6 Å². The summed E-state index contributed by atoms with van der Waals surface area (Å²) in [6.45, 7) is 6.39. The first-order chi connectivity index (χ1) is 8.91. The van der Waals surface area contributed by atoms with Gasteiger partial charge in [0.05, 0.1) is 12.1 Å². The number of fused-ring (bicyclic) bond motifs is 1. The highest BCUT2D eigenvalue weighted by Crippen LogP contribution is 2.28. The van der Waals surface area contributed by atoms with E-state index in [2.05, 4.69) is 5.32 Å². The van der Waals surface area contributed by atoms with Crippen molar-refractivity contribution in [2.75, 3.05) is 6.54 Å². The fraction of sp³-hybridized carbons (Fsp3) is 0.400. The maximum absolute atomic E-state index is 12.3. The molecule has 0 aliphatic carbocycles. The normalized spacial score (nSPS) is 11.5. The summed E-state index contributed by atoms with van der Waals surface area (Å²) in [4.78, 5) is 12.3. The fourth-order valence-corrected chi connectivity index (χ4v) is 2.44. The van der Waals surface area contributed by atoms with Crippen LogP contribution in [0, 0.1) is 6.92 Å². The summed E-state index contributed by atoms with van der Waals surface area (Å²) in [5, 5.41) is 4.86. The minimum Gasteiger partial charge on any atom is -0.350 e. The van der Waals surface area contributed by atoms with Crippen LogP contribution in [-0.2, 0) is 7.05 Å². The van der Waals surface area contributed by atoms with Gasteiger partial charge in [-0.1, -0.05) is 31.5 Å². The molecular weight excluding hydrogens is 260 g/mol. The van der Waals surface area contributed by atoms with Crippen LogP contribution in [0.4, 0.5) is 0 Å². The average Bonchev–Trinajstić information content (AvgIpc) is 2.69. The van der Waals surface area contributed by atoms with Gasteiger partial charge in [-0.2, -0.15) is 0 Å². The Labute approximate surface area is 118 Å². The first kappa shape index (κ1) is 14.1. The van der Waals surface area contributed by atoms with Crippen molar-refractivity contribution in [2.45, 2.75) is 26.8 Å². The molecule has 0 spiro atoms. The number of halogens is 1. The van der Waals surface area contributed by atoms with Gasteiger partial charge in [-0.25, -0.2) is 0 Å². The number of rotatable bonds is 4. The molecule has 102 valence electrons. The molecule has 1 aromatic carbocycles. The second-order valence-electron chi connectivity index (χ2n) is 5.18. The van der Waals surface area contributed by atoms with Crippen molar-refractivity contribution in [3.63, 3.8) is 0 Å². The lowest BCUT2D eigenvalue weighted by Crippen LogP contribution is -2.29. The molecule has 0 unspecified atom stereocenters. The van der Waals surface area contributed by atoms with Crippen LogP contribution in [0.15, 0.2) is 18.3 Å². The number of carbonyl (C=O) groups excluding carboxylic acids is 1. The average molecular weight is 279 g/mol. The van der Waals surface area contributed by atoms with E-state index in [1.807, 2.05) is 50.7 Å². The molecule has 1 N–H and O–H groups in total. The standard InChI is InChI=1S/C15H19ClN2O/c1-9(2)17-7-14(19)12-8-18(4)15-10(3)13(16)6-5-11(12)15/h5-6,8-9,17H,7H2,1-4H3. The summed E-state index contributed by atoms with van der Waals surface area (Å²) in [7, 11) is 1.94. The molecule has 0 radical (unpaired) electrons. The zero-order chi connectivity index (χ0) is 14.2. The van der Waals surface area contributed by atoms with Crippen LogP contribution in [0.5, 0.6) is 0 Å². The molecule has 4 heteroatoms. The molecule has 0 fully saturated rings. The second kappa shape index (κ2) is 5.35. The van der Waals surface area contributed by atoms with Crippen molar-refractivity contribution in [2.24, 2.45) is 7.05 Å². The van der Waals surface area contributed by atoms with E-state index in [1.165, 1.54) is 0 Å². The van der Waals surface area contributed by atoms with Gasteiger partial charge < -0.3 is 9.88 Å². The smallest absolute Gasteiger partial charge is 0.178 e. The van der Waals surface area contributed by atoms with Crippen molar-refractivity contribution in [1.29, 1.82) is 0 Å². The minimum absolute atomic E-state index is 0.112. The predicted molar refractivity (Wildman–Crippen MR) is 80.1 cm³/mol. The Hall–Kier alpha value is -1.32. The largest absolute Gasteiger partial charge is 0.350 e. The number of hydrogen-bond donors (Lipinski definition) is 1. The number of hydrogen-bond acceptors (Lipinski definition) is 2. The van der Waals surface area contributed by atoms with Crippen molar-refractivity contribution < 1.29 is 4.79 Å². The van der Waals surface area contributed by atoms with E-state index in [9.17, 15) is 4.79 Å². The molecule has 19 heavy (non-hydrogen) atoms. The monoisotopic (exact) mass is 278 g/mol. The van der Waals surface area contributed by atoms with Crippen molar-refractivity contribution in [1.82, 2.24) is 9.88 Å². The maximum Gasteiger partial charge on any atom is 0.178 e. The van der Waals surface area contributed by atoms with E-state index >= 15 is 0 Å². The van der Waals surface area contributed by atoms with Crippen LogP contribution >= 0.6 is 11.6 Å². The lowest BCUT2D eigenvalue weighted by Gasteiger charge is -2.06. The van der Waals surface area contributed by atoms with Crippen LogP contribution in [-0.4, -0.2) is 22.9 Å². The fourth-order valence-electron chi connectivity index (χ4n) is 2.29. The molecule has 1 aromatic heterocycles. The lowest BCUT2D eigenvalue weighted by molar-refractivity contribution is 0.0990. The summed E-state index contributed by atoms with van der Waals surface area (Å²) < 4.78 is 1.97. The molecule has 0 bridgehead atoms. The molecule has 0 aliphatic heterocycles. The van der Waals surface area contributed by atoms with Gasteiger partial charge in [0.15, 0.2) is 5.78 Å². The number of Topliss-reactive ketones (excluding diaryl/α,β-unsaturated/α-hetero) is 1. The third-order valence-corrected chi connectivity index (χ3v) is 3.71. The van der Waals surface area contributed by atoms with E-state index in [4.69, 9.17) is 11.6 Å². The van der Waals surface area contributed by atoms with Gasteiger partial charge >= 0.3 is 0 Å². The van der Waals surface area contributed by atoms with Gasteiger partial charge in [-0.05, 0) is 18.6 Å². The topological polar surface area (TPSA) is 34.0 Å². The molecule has 2 aromatic rings. The first-order valence-corrected chi connectivity index (χ1v) is 6.80. The van der Waals surface area contributed by atoms with Gasteiger partial charge in [-0.15, -0.1) is 0 Å². The Balaban J connectivity index is 2.45. The van der Waals surface area contributed by atoms with E-state index < -0.39 is 0 Å². The number of aryl methyl sites for hydroxylation is 2. The molecule has 0 aliphatic rings. The van der Waals surface area contributed by atoms with Crippen LogP contribution in [0.1, 0.15) is 29.8 Å². The number of carbonyl (C=O) groups is 1. The van der Waals surface area contributed by atoms with E-state index in [0.717, 1.165) is 27.1 Å². The van der Waals surface area contributed by atoms with Crippen LogP contribution in [0.2, 0.25) is 5.02 Å². The summed E-state index contributed by atoms with van der Waals surface area (Å²) in [6.07, 6.45) is 1.89. The Kier molecular flexibility index (Phi) is 3.97. The zero-order valence-corrected chi connectivity index (χ0v) is 12.5. The van der Waals surface area contributed by atoms with Gasteiger partial charge in [-0.3, -0.25) is 4.79 Å². The molecule has 0 atom stereocenters. The highest BCUT2D eigenvalue weighted by atomic mass is 35.5. The van der Waals surface area contributed by atoms with Crippen molar-refractivity contribution >= 4 is 28.3 Å². The van der Waals surface area contributed by atoms with Crippen molar-refractivity contribution in [3.05, 3.63) is 34.5 Å². The molecule has 2 rings (SSSR count). The van der Waals surface area contributed by atoms with E-state index in [-0.39, 0.29) is 5.78 Å². The van der Waals surface area contributed by atoms with Gasteiger partial charge in [0.25, 0.3) is 0 Å². The lowest BCUT2D eigenvalue weighted by atomic mass is 10.1. The summed E-state index contributed by atoms with van der Waals surface area (Å²) in [5.41, 5.74) is 2.79. The number of benzene rings is 1. The molecule has 0 saturated carbocycles. The van der Waals surface area contributed by atoms with E-state index in [1.54, 1.807) is 0 Å². The number of ketones is 1. The van der Waals surface area contributed by atoms with Crippen molar-refractivity contribution in [3.8, 4) is 0 Å². The summed E-state index contributed by atoms with van der Waals surface area (Å²) in [6, 6.07) is 4.08. The molecule has 0 saturated heterocycles. The first-order valence-electron chi connectivity index (χ1n) is 6.42. The van der Waals surface area contributed by atoms with Gasteiger partial charge in [0.1, 0.15) is 0 Å². The Bertz CT molecular complexity index is 629. The highest BCUT2D eigenvalue weighted by molar-refractivity contribution is 6.32. The third-order valence-electron chi connectivity index (χ3n) is 3.30. The van der Waals surface area contributed by atoms with Crippen LogP contribution in [0.3, 0.4) is 0 Å². The van der Waals surface area contributed by atoms with Crippen LogP contribution in [0.25, 0.3) is 10.9 Å². The summed E-state index contributed by atoms with van der Waals surface area (Å²) in [5.74, 6) is 0.112. The number of nitrogens with zero attached hydrogens (tertiary/aromatic N) is 1. The van der Waals surface area contributed by atoms with Crippen LogP contribution < -0.4 is 5.32 Å². The minimum atomic E-state index is 0.112. The third kappa shape index (κ3) is 2.67. The maximum atomic E-state index is 12.3. The Morgan fingerprint density at radius 2 is 2.11 bits per heavy atom. The van der Waals surface area contributed by atoms with Gasteiger partial charge in [0, 0.05) is 35.3 Å². The molecule has 1 heterocycles. The molecular formula is C15H19ClN2O. The predicted octanol–water partition coefficient (Wildman–Crippen LogP) is 3.32. The number of nitrogens with one attached hydrogen (secondary N) is 1. The zero-order valence-electron chi connectivity index (χ0n) is 11.7. The summed E-state index contributed by atoms with van der Waals surface area (Å²) >= 11 is 6.14. The SMILES string of the molecule is Cc1c(Cl)ccc2c(C(=O)CNC(C)C)cn(C)c12. The quantitative estimate of drug-likeness (QED) is 0.871. The second-order valence-corrected chi connectivity index (χ2v) is 5.59.